The van der Waals surface area contributed by atoms with Gasteiger partial charge >= 0.3 is 0 Å². The molecule has 0 saturated heterocycles. The number of nitrogens with zero attached hydrogens (tertiary/aromatic N) is 2. The normalized spacial score (nSPS) is 11.3. The number of rotatable bonds is 6. The molecule has 0 aliphatic rings. The largest absolute Gasteiger partial charge is 0.360 e. The molecule has 0 atom stereocenters. The van der Waals surface area contributed by atoms with Gasteiger partial charge in [-0.2, -0.15) is 0 Å². The third-order valence-electron chi connectivity index (χ3n) is 2.96. The van der Waals surface area contributed by atoms with Crippen LogP contribution in [-0.4, -0.2) is 32.3 Å². The van der Waals surface area contributed by atoms with E-state index in [9.17, 15) is 17.6 Å². The van der Waals surface area contributed by atoms with Crippen LogP contribution in [0.15, 0.2) is 34.9 Å². The van der Waals surface area contributed by atoms with E-state index < -0.39 is 21.7 Å². The Bertz CT molecular complexity index is 804. The van der Waals surface area contributed by atoms with Crippen LogP contribution in [-0.2, 0) is 14.8 Å². The van der Waals surface area contributed by atoms with Crippen LogP contribution in [0.2, 0.25) is 0 Å². The summed E-state index contributed by atoms with van der Waals surface area (Å²) < 4.78 is 43.2. The summed E-state index contributed by atoms with van der Waals surface area (Å²) in [5.41, 5.74) is -0.0971. The van der Waals surface area contributed by atoms with Gasteiger partial charge in [-0.1, -0.05) is 17.3 Å². The number of amides is 1. The number of hydrogen-bond acceptors (Lipinski definition) is 5. The van der Waals surface area contributed by atoms with E-state index in [0.717, 1.165) is 16.6 Å². The smallest absolute Gasteiger partial charge is 0.232 e. The summed E-state index contributed by atoms with van der Waals surface area (Å²) in [6.07, 6.45) is 0.797. The lowest BCUT2D eigenvalue weighted by atomic mass is 10.3. The summed E-state index contributed by atoms with van der Waals surface area (Å²) in [6.45, 7) is 1.48. The number of anilines is 2. The zero-order chi connectivity index (χ0) is 17.0. The van der Waals surface area contributed by atoms with Crippen LogP contribution in [0, 0.1) is 12.7 Å². The molecule has 0 saturated carbocycles. The number of sulfonamides is 1. The highest BCUT2D eigenvalue weighted by atomic mass is 32.2. The van der Waals surface area contributed by atoms with Crippen molar-refractivity contribution in [2.45, 2.75) is 13.3 Å². The molecule has 2 aromatic rings. The van der Waals surface area contributed by atoms with Crippen molar-refractivity contribution in [2.75, 3.05) is 22.4 Å². The molecule has 1 aromatic heterocycles. The van der Waals surface area contributed by atoms with E-state index in [1.165, 1.54) is 24.3 Å². The third-order valence-corrected chi connectivity index (χ3v) is 4.14. The molecule has 1 amide bonds. The standard InChI is InChI=1S/C14H16FN3O4S/c1-10-9-13(17-22-10)16-14(19)7-8-18(23(2,20)21)12-6-4-3-5-11(12)15/h3-6,9H,7-8H2,1-2H3,(H,16,17,19). The van der Waals surface area contributed by atoms with Crippen LogP contribution in [0.4, 0.5) is 15.9 Å². The van der Waals surface area contributed by atoms with Crippen LogP contribution in [0.25, 0.3) is 0 Å². The maximum absolute atomic E-state index is 13.8. The van der Waals surface area contributed by atoms with Crippen LogP contribution < -0.4 is 9.62 Å². The number of aromatic nitrogens is 1. The molecular weight excluding hydrogens is 325 g/mol. The summed E-state index contributed by atoms with van der Waals surface area (Å²) in [7, 11) is -3.73. The van der Waals surface area contributed by atoms with E-state index in [2.05, 4.69) is 10.5 Å². The Balaban J connectivity index is 2.08. The van der Waals surface area contributed by atoms with Crippen molar-refractivity contribution in [2.24, 2.45) is 0 Å². The molecule has 1 aromatic carbocycles. The highest BCUT2D eigenvalue weighted by Gasteiger charge is 2.21. The van der Waals surface area contributed by atoms with Crippen molar-refractivity contribution < 1.29 is 22.1 Å². The minimum absolute atomic E-state index is 0.0971. The number of para-hydroxylation sites is 1. The number of benzene rings is 1. The Kier molecular flexibility index (Phi) is 4.99. The first kappa shape index (κ1) is 16.9. The van der Waals surface area contributed by atoms with Gasteiger partial charge in [0.15, 0.2) is 5.82 Å². The highest BCUT2D eigenvalue weighted by Crippen LogP contribution is 2.21. The zero-order valence-corrected chi connectivity index (χ0v) is 13.4. The predicted molar refractivity (Wildman–Crippen MR) is 83.1 cm³/mol. The molecule has 2 rings (SSSR count). The second kappa shape index (κ2) is 6.78. The Morgan fingerprint density at radius 3 is 2.65 bits per heavy atom. The first-order valence-electron chi connectivity index (χ1n) is 6.73. The second-order valence-electron chi connectivity index (χ2n) is 4.91. The monoisotopic (exact) mass is 341 g/mol. The molecule has 0 spiro atoms. The van der Waals surface area contributed by atoms with Crippen molar-refractivity contribution in [1.82, 2.24) is 5.16 Å². The number of carbonyl (C=O) groups is 1. The maximum Gasteiger partial charge on any atom is 0.232 e. The molecule has 0 unspecified atom stereocenters. The fourth-order valence-corrected chi connectivity index (χ4v) is 2.88. The van der Waals surface area contributed by atoms with Gasteiger partial charge in [-0.15, -0.1) is 0 Å². The van der Waals surface area contributed by atoms with Gasteiger partial charge in [0.2, 0.25) is 15.9 Å². The first-order chi connectivity index (χ1) is 10.8. The van der Waals surface area contributed by atoms with Gasteiger partial charge in [0.1, 0.15) is 11.6 Å². The molecule has 0 aliphatic heterocycles. The number of aryl methyl sites for hydroxylation is 1. The third kappa shape index (κ3) is 4.52. The van der Waals surface area contributed by atoms with E-state index in [4.69, 9.17) is 4.52 Å². The van der Waals surface area contributed by atoms with Gasteiger partial charge in [0.25, 0.3) is 0 Å². The van der Waals surface area contributed by atoms with Gasteiger partial charge in [0, 0.05) is 19.0 Å². The summed E-state index contributed by atoms with van der Waals surface area (Å²) >= 11 is 0. The lowest BCUT2D eigenvalue weighted by molar-refractivity contribution is -0.116. The van der Waals surface area contributed by atoms with E-state index in [-0.39, 0.29) is 24.5 Å². The van der Waals surface area contributed by atoms with Crippen LogP contribution in [0.3, 0.4) is 0 Å². The number of hydrogen-bond donors (Lipinski definition) is 1. The molecule has 9 heteroatoms. The zero-order valence-electron chi connectivity index (χ0n) is 12.6. The van der Waals surface area contributed by atoms with Crippen molar-refractivity contribution in [1.29, 1.82) is 0 Å². The molecule has 0 fully saturated rings. The Morgan fingerprint density at radius 2 is 2.09 bits per heavy atom. The second-order valence-corrected chi connectivity index (χ2v) is 6.81. The van der Waals surface area contributed by atoms with Gasteiger partial charge in [-0.25, -0.2) is 12.8 Å². The number of nitrogens with one attached hydrogen (secondary N) is 1. The Morgan fingerprint density at radius 1 is 1.39 bits per heavy atom. The van der Waals surface area contributed by atoms with Crippen molar-refractivity contribution in [3.8, 4) is 0 Å². The topological polar surface area (TPSA) is 92.5 Å². The fourth-order valence-electron chi connectivity index (χ4n) is 1.95. The molecule has 1 N–H and O–H groups in total. The van der Waals surface area contributed by atoms with Crippen LogP contribution in [0.1, 0.15) is 12.2 Å². The molecular formula is C14H16FN3O4S. The quantitative estimate of drug-likeness (QED) is 0.866. The van der Waals surface area contributed by atoms with Crippen LogP contribution in [0.5, 0.6) is 0 Å². The minimum atomic E-state index is -3.73. The maximum atomic E-state index is 13.8. The van der Waals surface area contributed by atoms with Crippen molar-refractivity contribution in [3.63, 3.8) is 0 Å². The molecule has 124 valence electrons. The summed E-state index contributed by atoms with van der Waals surface area (Å²) in [4.78, 5) is 11.9. The lowest BCUT2D eigenvalue weighted by Gasteiger charge is -2.22. The molecule has 23 heavy (non-hydrogen) atoms. The minimum Gasteiger partial charge on any atom is -0.360 e. The summed E-state index contributed by atoms with van der Waals surface area (Å²) in [6, 6.07) is 7.01. The molecule has 0 aliphatic carbocycles. The van der Waals surface area contributed by atoms with Gasteiger partial charge < -0.3 is 9.84 Å². The lowest BCUT2D eigenvalue weighted by Crippen LogP contribution is -2.33. The average molecular weight is 341 g/mol. The van der Waals surface area contributed by atoms with E-state index >= 15 is 0 Å². The van der Waals surface area contributed by atoms with Gasteiger partial charge in [0.05, 0.1) is 11.9 Å². The SMILES string of the molecule is Cc1cc(NC(=O)CCN(c2ccccc2F)S(C)(=O)=O)no1. The first-order valence-corrected chi connectivity index (χ1v) is 8.57. The molecule has 7 nitrogen and oxygen atoms in total. The number of carbonyl (C=O) groups excluding carboxylic acids is 1. The van der Waals surface area contributed by atoms with Gasteiger partial charge in [-0.05, 0) is 19.1 Å². The molecule has 0 radical (unpaired) electrons. The van der Waals surface area contributed by atoms with E-state index in [1.54, 1.807) is 6.92 Å². The summed E-state index contributed by atoms with van der Waals surface area (Å²) in [5, 5.41) is 6.08. The molecule has 0 bridgehead atoms. The fraction of sp³-hybridized carbons (Fsp3) is 0.286. The predicted octanol–water partition coefficient (Wildman–Crippen LogP) is 1.92. The summed E-state index contributed by atoms with van der Waals surface area (Å²) in [5.74, 6) is -0.359. The van der Waals surface area contributed by atoms with Crippen LogP contribution >= 0.6 is 0 Å². The van der Waals surface area contributed by atoms with E-state index in [0.29, 0.717) is 5.76 Å². The highest BCUT2D eigenvalue weighted by molar-refractivity contribution is 7.92. The van der Waals surface area contributed by atoms with Crippen molar-refractivity contribution >= 4 is 27.4 Å². The Labute approximate surface area is 133 Å². The molecule has 1 heterocycles. The Hall–Kier alpha value is -2.42. The average Bonchev–Trinajstić information content (AvgIpc) is 2.84. The van der Waals surface area contributed by atoms with Crippen molar-refractivity contribution in [3.05, 3.63) is 41.9 Å². The van der Waals surface area contributed by atoms with Gasteiger partial charge in [-0.3, -0.25) is 9.10 Å². The number of halogens is 1. The van der Waals surface area contributed by atoms with E-state index in [1.807, 2.05) is 0 Å².